The Hall–Kier alpha value is -0.710. The van der Waals surface area contributed by atoms with Crippen LogP contribution in [0, 0.1) is 0 Å². The number of carbonyl (C=O) groups excluding carboxylic acids is 2. The van der Waals surface area contributed by atoms with Crippen molar-refractivity contribution in [3.05, 3.63) is 0 Å². The van der Waals surface area contributed by atoms with Gasteiger partial charge >= 0.3 is 13.6 Å². The molecule has 0 spiro atoms. The fourth-order valence-electron chi connectivity index (χ4n) is 0.990. The molecule has 0 fully saturated rings. The van der Waals surface area contributed by atoms with E-state index in [2.05, 4.69) is 4.74 Å². The molecule has 17 heavy (non-hydrogen) atoms. The molecule has 0 aliphatic rings. The number of esters is 1. The van der Waals surface area contributed by atoms with Crippen molar-refractivity contribution in [2.75, 3.05) is 7.11 Å². The van der Waals surface area contributed by atoms with Crippen LogP contribution in [0.5, 0.6) is 0 Å². The number of rotatable bonds is 7. The van der Waals surface area contributed by atoms with E-state index < -0.39 is 37.7 Å². The molecule has 7 heteroatoms. The van der Waals surface area contributed by atoms with Gasteiger partial charge in [0.2, 0.25) is 0 Å². The third-order valence-corrected chi connectivity index (χ3v) is 3.70. The second-order valence-corrected chi connectivity index (χ2v) is 5.87. The van der Waals surface area contributed by atoms with E-state index in [1.807, 2.05) is 0 Å². The van der Waals surface area contributed by atoms with E-state index in [0.29, 0.717) is 0 Å². The summed E-state index contributed by atoms with van der Waals surface area (Å²) in [5, 5.41) is 0. The monoisotopic (exact) mass is 266 g/mol. The number of carbonyl (C=O) groups is 2. The SMILES string of the molecule is COC(=O)CC(=O)P(=O)(OC(C)C)OC(C)C. The Kier molecular flexibility index (Phi) is 6.60. The van der Waals surface area contributed by atoms with E-state index in [-0.39, 0.29) is 0 Å². The average Bonchev–Trinajstić information content (AvgIpc) is 2.14. The third-order valence-electron chi connectivity index (χ3n) is 1.53. The molecule has 0 unspecified atom stereocenters. The van der Waals surface area contributed by atoms with Crippen molar-refractivity contribution in [3.8, 4) is 0 Å². The smallest absolute Gasteiger partial charge is 0.397 e. The van der Waals surface area contributed by atoms with Crippen LogP contribution in [-0.4, -0.2) is 30.8 Å². The highest BCUT2D eigenvalue weighted by Crippen LogP contribution is 2.52. The Labute approximate surface area is 101 Å². The van der Waals surface area contributed by atoms with E-state index in [9.17, 15) is 14.2 Å². The predicted octanol–water partition coefficient (Wildman–Crippen LogP) is 2.12. The molecule has 6 nitrogen and oxygen atoms in total. The molecular weight excluding hydrogens is 247 g/mol. The van der Waals surface area contributed by atoms with E-state index in [1.54, 1.807) is 27.7 Å². The summed E-state index contributed by atoms with van der Waals surface area (Å²) in [6, 6.07) is 0. The first-order valence-corrected chi connectivity index (χ1v) is 6.82. The Bertz CT molecular complexity index is 309. The van der Waals surface area contributed by atoms with Gasteiger partial charge < -0.3 is 13.8 Å². The van der Waals surface area contributed by atoms with Crippen LogP contribution in [0.2, 0.25) is 0 Å². The minimum atomic E-state index is -3.93. The van der Waals surface area contributed by atoms with Gasteiger partial charge in [-0.1, -0.05) is 0 Å². The van der Waals surface area contributed by atoms with E-state index in [0.717, 1.165) is 7.11 Å². The summed E-state index contributed by atoms with van der Waals surface area (Å²) in [6.45, 7) is 6.51. The van der Waals surface area contributed by atoms with Crippen molar-refractivity contribution >= 4 is 19.1 Å². The lowest BCUT2D eigenvalue weighted by Gasteiger charge is -2.20. The largest absolute Gasteiger partial charge is 0.469 e. The lowest BCUT2D eigenvalue weighted by Crippen LogP contribution is -2.17. The highest BCUT2D eigenvalue weighted by atomic mass is 31.2. The highest BCUT2D eigenvalue weighted by Gasteiger charge is 2.38. The van der Waals surface area contributed by atoms with Crippen LogP contribution >= 0.6 is 7.60 Å². The van der Waals surface area contributed by atoms with Gasteiger partial charge in [0.1, 0.15) is 6.42 Å². The van der Waals surface area contributed by atoms with Crippen LogP contribution in [0.4, 0.5) is 0 Å². The van der Waals surface area contributed by atoms with Crippen LogP contribution < -0.4 is 0 Å². The van der Waals surface area contributed by atoms with Gasteiger partial charge in [-0.25, -0.2) is 0 Å². The standard InChI is InChI=1S/C10H19O6P/c1-7(2)15-17(13,16-8(3)4)10(12)6-9(11)14-5/h7-8H,6H2,1-5H3. The lowest BCUT2D eigenvalue weighted by atomic mass is 10.5. The zero-order chi connectivity index (χ0) is 13.6. The molecule has 0 radical (unpaired) electrons. The molecule has 0 amide bonds. The molecular formula is C10H19O6P. The fourth-order valence-corrected chi connectivity index (χ4v) is 2.71. The van der Waals surface area contributed by atoms with Crippen molar-refractivity contribution < 1.29 is 27.9 Å². The molecule has 0 N–H and O–H groups in total. The van der Waals surface area contributed by atoms with Crippen LogP contribution in [0.1, 0.15) is 34.1 Å². The van der Waals surface area contributed by atoms with Crippen LogP contribution in [0.3, 0.4) is 0 Å². The zero-order valence-electron chi connectivity index (χ0n) is 10.8. The molecule has 0 aromatic heterocycles. The quantitative estimate of drug-likeness (QED) is 0.399. The molecule has 0 bridgehead atoms. The normalized spacial score (nSPS) is 11.9. The molecule has 0 atom stereocenters. The summed E-state index contributed by atoms with van der Waals surface area (Å²) in [7, 11) is -2.78. The van der Waals surface area contributed by atoms with E-state index in [1.165, 1.54) is 0 Å². The van der Waals surface area contributed by atoms with Gasteiger partial charge in [-0.15, -0.1) is 0 Å². The number of hydrogen-bond acceptors (Lipinski definition) is 6. The average molecular weight is 266 g/mol. The van der Waals surface area contributed by atoms with Gasteiger partial charge in [-0.05, 0) is 27.7 Å². The minimum Gasteiger partial charge on any atom is -0.469 e. The maximum atomic E-state index is 12.2. The molecule has 0 aliphatic heterocycles. The van der Waals surface area contributed by atoms with Crippen molar-refractivity contribution in [1.29, 1.82) is 0 Å². The summed E-state index contributed by atoms with van der Waals surface area (Å²) in [5.41, 5.74) is -0.883. The molecule has 100 valence electrons. The van der Waals surface area contributed by atoms with Gasteiger partial charge in [-0.2, -0.15) is 0 Å². The topological polar surface area (TPSA) is 78.9 Å². The molecule has 0 aromatic rings. The predicted molar refractivity (Wildman–Crippen MR) is 61.7 cm³/mol. The highest BCUT2D eigenvalue weighted by molar-refractivity contribution is 7.71. The minimum absolute atomic E-state index is 0.443. The lowest BCUT2D eigenvalue weighted by molar-refractivity contribution is -0.142. The van der Waals surface area contributed by atoms with Crippen molar-refractivity contribution in [1.82, 2.24) is 0 Å². The van der Waals surface area contributed by atoms with Crippen molar-refractivity contribution in [3.63, 3.8) is 0 Å². The second-order valence-electron chi connectivity index (χ2n) is 3.95. The van der Waals surface area contributed by atoms with Gasteiger partial charge in [-0.3, -0.25) is 14.2 Å². The van der Waals surface area contributed by atoms with Crippen LogP contribution in [-0.2, 0) is 27.9 Å². The molecule has 0 saturated carbocycles. The van der Waals surface area contributed by atoms with Gasteiger partial charge in [0, 0.05) is 0 Å². The van der Waals surface area contributed by atoms with E-state index in [4.69, 9.17) is 9.05 Å². The third kappa shape index (κ3) is 5.96. The summed E-state index contributed by atoms with van der Waals surface area (Å²) in [5.74, 6) is -0.769. The van der Waals surface area contributed by atoms with Gasteiger partial charge in [0.05, 0.1) is 19.3 Å². The first-order chi connectivity index (χ1) is 7.71. The van der Waals surface area contributed by atoms with Crippen LogP contribution in [0.15, 0.2) is 0 Å². The first-order valence-electron chi connectivity index (χ1n) is 5.28. The fraction of sp³-hybridized carbons (Fsp3) is 0.800. The zero-order valence-corrected chi connectivity index (χ0v) is 11.7. The Morgan fingerprint density at radius 3 is 1.76 bits per heavy atom. The molecule has 0 aromatic carbocycles. The first kappa shape index (κ1) is 16.3. The number of ether oxygens (including phenoxy) is 1. The van der Waals surface area contributed by atoms with Crippen LogP contribution in [0.25, 0.3) is 0 Å². The van der Waals surface area contributed by atoms with Crippen molar-refractivity contribution in [2.45, 2.75) is 46.3 Å². The summed E-state index contributed by atoms with van der Waals surface area (Å²) in [4.78, 5) is 22.7. The summed E-state index contributed by atoms with van der Waals surface area (Å²) < 4.78 is 26.6. The molecule has 0 aliphatic carbocycles. The second kappa shape index (κ2) is 6.89. The van der Waals surface area contributed by atoms with Gasteiger partial charge in [0.25, 0.3) is 5.52 Å². The Morgan fingerprint density at radius 1 is 1.06 bits per heavy atom. The van der Waals surface area contributed by atoms with E-state index >= 15 is 0 Å². The maximum absolute atomic E-state index is 12.2. The molecule has 0 rings (SSSR count). The Balaban J connectivity index is 4.85. The molecule has 0 heterocycles. The van der Waals surface area contributed by atoms with Gasteiger partial charge in [0.15, 0.2) is 0 Å². The Morgan fingerprint density at radius 2 is 1.47 bits per heavy atom. The number of hydrogen-bond donors (Lipinski definition) is 0. The summed E-state index contributed by atoms with van der Waals surface area (Å²) in [6.07, 6.45) is -1.50. The molecule has 0 saturated heterocycles. The summed E-state index contributed by atoms with van der Waals surface area (Å²) >= 11 is 0. The number of methoxy groups -OCH3 is 1. The van der Waals surface area contributed by atoms with Crippen molar-refractivity contribution in [2.24, 2.45) is 0 Å². The maximum Gasteiger partial charge on any atom is 0.397 e.